The number of aryl methyl sites for hydroxylation is 1. The van der Waals surface area contributed by atoms with Gasteiger partial charge < -0.3 is 9.47 Å². The summed E-state index contributed by atoms with van der Waals surface area (Å²) in [6.07, 6.45) is 1.86. The van der Waals surface area contributed by atoms with Gasteiger partial charge in [0, 0.05) is 18.7 Å². The van der Waals surface area contributed by atoms with Crippen LogP contribution >= 0.6 is 0 Å². The van der Waals surface area contributed by atoms with Crippen LogP contribution in [0.3, 0.4) is 0 Å². The fourth-order valence-corrected chi connectivity index (χ4v) is 2.44. The van der Waals surface area contributed by atoms with Crippen LogP contribution in [0.5, 0.6) is 5.75 Å². The number of Topliss-reactive ketones (excluding diaryl/α,β-unsaturated/α-hetero) is 1. The summed E-state index contributed by atoms with van der Waals surface area (Å²) in [6.45, 7) is 8.48. The minimum absolute atomic E-state index is 0.175. The molecule has 1 saturated heterocycles. The van der Waals surface area contributed by atoms with E-state index in [0.717, 1.165) is 56.0 Å². The molecule has 1 aliphatic rings. The summed E-state index contributed by atoms with van der Waals surface area (Å²) in [5.74, 6) is 1.08. The first-order valence-corrected chi connectivity index (χ1v) is 7.83. The van der Waals surface area contributed by atoms with Crippen molar-refractivity contribution in [2.75, 3.05) is 39.5 Å². The average molecular weight is 291 g/mol. The second-order valence-electron chi connectivity index (χ2n) is 5.34. The van der Waals surface area contributed by atoms with Crippen LogP contribution in [-0.4, -0.2) is 50.1 Å². The molecule has 116 valence electrons. The number of ketones is 1. The third kappa shape index (κ3) is 4.55. The number of hydrogen-bond donors (Lipinski definition) is 0. The van der Waals surface area contributed by atoms with Crippen molar-refractivity contribution >= 4 is 5.78 Å². The van der Waals surface area contributed by atoms with Crippen molar-refractivity contribution in [3.63, 3.8) is 0 Å². The molecule has 0 aliphatic carbocycles. The zero-order valence-corrected chi connectivity index (χ0v) is 13.1. The van der Waals surface area contributed by atoms with E-state index in [9.17, 15) is 4.79 Å². The van der Waals surface area contributed by atoms with E-state index in [1.807, 2.05) is 18.2 Å². The summed E-state index contributed by atoms with van der Waals surface area (Å²) in [7, 11) is 0. The van der Waals surface area contributed by atoms with E-state index in [-0.39, 0.29) is 5.78 Å². The predicted molar refractivity (Wildman–Crippen MR) is 83.2 cm³/mol. The molecule has 1 aliphatic heterocycles. The van der Waals surface area contributed by atoms with Gasteiger partial charge in [0.2, 0.25) is 0 Å². The first kappa shape index (κ1) is 16.0. The second-order valence-corrected chi connectivity index (χ2v) is 5.34. The average Bonchev–Trinajstić information content (AvgIpc) is 2.53. The molecule has 4 nitrogen and oxygen atoms in total. The van der Waals surface area contributed by atoms with Gasteiger partial charge in [-0.15, -0.1) is 0 Å². The number of carbonyl (C=O) groups is 1. The van der Waals surface area contributed by atoms with Crippen LogP contribution in [0, 0.1) is 0 Å². The molecule has 0 atom stereocenters. The van der Waals surface area contributed by atoms with Crippen molar-refractivity contribution in [3.8, 4) is 5.75 Å². The minimum Gasteiger partial charge on any atom is -0.493 e. The van der Waals surface area contributed by atoms with Crippen LogP contribution in [-0.2, 0) is 11.2 Å². The van der Waals surface area contributed by atoms with E-state index < -0.39 is 0 Å². The van der Waals surface area contributed by atoms with E-state index in [4.69, 9.17) is 9.47 Å². The van der Waals surface area contributed by atoms with Crippen molar-refractivity contribution in [2.45, 2.75) is 26.7 Å². The monoisotopic (exact) mass is 291 g/mol. The van der Waals surface area contributed by atoms with Gasteiger partial charge in [0.1, 0.15) is 5.75 Å². The van der Waals surface area contributed by atoms with E-state index in [1.165, 1.54) is 0 Å². The topological polar surface area (TPSA) is 38.8 Å². The molecule has 0 N–H and O–H groups in total. The molecule has 4 heteroatoms. The Morgan fingerprint density at radius 3 is 2.71 bits per heavy atom. The molecule has 0 bridgehead atoms. The number of rotatable bonds is 7. The zero-order valence-electron chi connectivity index (χ0n) is 13.1. The highest BCUT2D eigenvalue weighted by Gasteiger charge is 2.16. The van der Waals surface area contributed by atoms with Crippen molar-refractivity contribution in [1.82, 2.24) is 4.90 Å². The van der Waals surface area contributed by atoms with Crippen molar-refractivity contribution in [3.05, 3.63) is 29.3 Å². The summed E-state index contributed by atoms with van der Waals surface area (Å²) in [6, 6.07) is 5.79. The molecule has 0 amide bonds. The number of benzene rings is 1. The first-order valence-electron chi connectivity index (χ1n) is 7.83. The molecule has 0 aromatic heterocycles. The van der Waals surface area contributed by atoms with Crippen molar-refractivity contribution in [1.29, 1.82) is 0 Å². The van der Waals surface area contributed by atoms with Gasteiger partial charge in [0.25, 0.3) is 0 Å². The summed E-state index contributed by atoms with van der Waals surface area (Å²) < 4.78 is 11.0. The van der Waals surface area contributed by atoms with Crippen LogP contribution in [0.25, 0.3) is 0 Å². The summed E-state index contributed by atoms with van der Waals surface area (Å²) in [5, 5.41) is 0. The Labute approximate surface area is 127 Å². The van der Waals surface area contributed by atoms with Gasteiger partial charge in [-0.05, 0) is 36.6 Å². The molecule has 21 heavy (non-hydrogen) atoms. The van der Waals surface area contributed by atoms with Crippen LogP contribution in [0.4, 0.5) is 0 Å². The summed E-state index contributed by atoms with van der Waals surface area (Å²) in [5.41, 5.74) is 1.89. The quantitative estimate of drug-likeness (QED) is 0.724. The SMILES string of the molecule is CCCOc1ccc(C(=O)CN2CCOCC2)cc1CC. The lowest BCUT2D eigenvalue weighted by Gasteiger charge is -2.25. The molecule has 0 radical (unpaired) electrons. The summed E-state index contributed by atoms with van der Waals surface area (Å²) >= 11 is 0. The first-order chi connectivity index (χ1) is 10.2. The van der Waals surface area contributed by atoms with E-state index >= 15 is 0 Å². The molecule has 1 fully saturated rings. The third-order valence-corrected chi connectivity index (χ3v) is 3.70. The summed E-state index contributed by atoms with van der Waals surface area (Å²) in [4.78, 5) is 14.5. The van der Waals surface area contributed by atoms with E-state index in [1.54, 1.807) is 0 Å². The second kappa shape index (κ2) is 8.15. The lowest BCUT2D eigenvalue weighted by Crippen LogP contribution is -2.39. The minimum atomic E-state index is 0.175. The Bertz CT molecular complexity index is 467. The van der Waals surface area contributed by atoms with Crippen LogP contribution < -0.4 is 4.74 Å². The Kier molecular flexibility index (Phi) is 6.21. The van der Waals surface area contributed by atoms with Crippen LogP contribution in [0.15, 0.2) is 18.2 Å². The third-order valence-electron chi connectivity index (χ3n) is 3.70. The highest BCUT2D eigenvalue weighted by Crippen LogP contribution is 2.21. The maximum absolute atomic E-state index is 12.4. The Hall–Kier alpha value is -1.39. The van der Waals surface area contributed by atoms with E-state index in [2.05, 4.69) is 18.7 Å². The fraction of sp³-hybridized carbons (Fsp3) is 0.588. The number of morpholine rings is 1. The smallest absolute Gasteiger partial charge is 0.176 e. The lowest BCUT2D eigenvalue weighted by atomic mass is 10.0. The number of nitrogens with zero attached hydrogens (tertiary/aromatic N) is 1. The molecule has 2 rings (SSSR count). The van der Waals surface area contributed by atoms with Gasteiger partial charge in [-0.2, -0.15) is 0 Å². The van der Waals surface area contributed by atoms with Gasteiger partial charge in [-0.3, -0.25) is 9.69 Å². The molecule has 0 saturated carbocycles. The molecular formula is C17H25NO3. The van der Waals surface area contributed by atoms with Crippen molar-refractivity contribution < 1.29 is 14.3 Å². The predicted octanol–water partition coefficient (Wildman–Crippen LogP) is 2.55. The zero-order chi connectivity index (χ0) is 15.1. The Morgan fingerprint density at radius 2 is 2.05 bits per heavy atom. The van der Waals surface area contributed by atoms with Crippen LogP contribution in [0.1, 0.15) is 36.2 Å². The van der Waals surface area contributed by atoms with Gasteiger partial charge in [-0.25, -0.2) is 0 Å². The lowest BCUT2D eigenvalue weighted by molar-refractivity contribution is 0.0371. The molecule has 1 aromatic carbocycles. The van der Waals surface area contributed by atoms with Gasteiger partial charge in [-0.1, -0.05) is 13.8 Å². The molecule has 1 aromatic rings. The number of carbonyl (C=O) groups excluding carboxylic acids is 1. The van der Waals surface area contributed by atoms with E-state index in [0.29, 0.717) is 13.2 Å². The number of hydrogen-bond acceptors (Lipinski definition) is 4. The maximum atomic E-state index is 12.4. The highest BCUT2D eigenvalue weighted by molar-refractivity contribution is 5.98. The van der Waals surface area contributed by atoms with Gasteiger partial charge in [0.05, 0.1) is 26.4 Å². The van der Waals surface area contributed by atoms with Gasteiger partial charge in [0.15, 0.2) is 5.78 Å². The Morgan fingerprint density at radius 1 is 1.29 bits per heavy atom. The molecule has 0 spiro atoms. The largest absolute Gasteiger partial charge is 0.493 e. The Balaban J connectivity index is 2.03. The fourth-order valence-electron chi connectivity index (χ4n) is 2.44. The van der Waals surface area contributed by atoms with Crippen LogP contribution in [0.2, 0.25) is 0 Å². The molecule has 0 unspecified atom stereocenters. The molecular weight excluding hydrogens is 266 g/mol. The number of ether oxygens (including phenoxy) is 2. The van der Waals surface area contributed by atoms with Crippen molar-refractivity contribution in [2.24, 2.45) is 0 Å². The standard InChI is InChI=1S/C17H25NO3/c1-3-9-21-17-6-5-15(12-14(17)4-2)16(19)13-18-7-10-20-11-8-18/h5-6,12H,3-4,7-11,13H2,1-2H3. The highest BCUT2D eigenvalue weighted by atomic mass is 16.5. The normalized spacial score (nSPS) is 15.9. The molecule has 1 heterocycles. The maximum Gasteiger partial charge on any atom is 0.176 e. The van der Waals surface area contributed by atoms with Gasteiger partial charge >= 0.3 is 0 Å².